The van der Waals surface area contributed by atoms with E-state index in [-0.39, 0.29) is 9.77 Å². The number of alkyl halides is 2. The molecule has 0 aliphatic carbocycles. The van der Waals surface area contributed by atoms with Crippen molar-refractivity contribution in [2.45, 2.75) is 11.3 Å². The molecule has 32 heavy (non-hydrogen) atoms. The fraction of sp³-hybridized carbons (Fsp3) is 0.0435. The van der Waals surface area contributed by atoms with E-state index in [1.54, 1.807) is 41.8 Å². The molecule has 0 atom stereocenters. The zero-order valence-corrected chi connectivity index (χ0v) is 19.4. The minimum Gasteiger partial charge on any atom is -0.232 e. The summed E-state index contributed by atoms with van der Waals surface area (Å²) in [7, 11) is -4.06. The van der Waals surface area contributed by atoms with Crippen LogP contribution in [0.4, 0.5) is 8.78 Å². The van der Waals surface area contributed by atoms with Crippen LogP contribution in [0.1, 0.15) is 11.3 Å². The summed E-state index contributed by atoms with van der Waals surface area (Å²) in [6.45, 7) is 0. The predicted octanol–water partition coefficient (Wildman–Crippen LogP) is 7.93. The van der Waals surface area contributed by atoms with Crippen LogP contribution in [-0.4, -0.2) is 12.4 Å². The fourth-order valence-electron chi connectivity index (χ4n) is 3.78. The van der Waals surface area contributed by atoms with Crippen LogP contribution in [0.5, 0.6) is 0 Å². The second-order valence-corrected chi connectivity index (χ2v) is 11.1. The van der Waals surface area contributed by atoms with E-state index < -0.39 is 16.4 Å². The second-order valence-electron chi connectivity index (χ2n) is 6.94. The molecule has 0 radical (unpaired) electrons. The van der Waals surface area contributed by atoms with Crippen molar-refractivity contribution in [2.24, 2.45) is 0 Å². The summed E-state index contributed by atoms with van der Waals surface area (Å²) in [5.74, 6) is 0. The molecule has 0 aliphatic rings. The number of hydrogen-bond donors (Lipinski definition) is 0. The van der Waals surface area contributed by atoms with Gasteiger partial charge < -0.3 is 0 Å². The van der Waals surface area contributed by atoms with Gasteiger partial charge in [-0.25, -0.2) is 21.2 Å². The zero-order chi connectivity index (χ0) is 22.5. The molecule has 0 saturated heterocycles. The quantitative estimate of drug-likeness (QED) is 0.243. The van der Waals surface area contributed by atoms with E-state index in [2.05, 4.69) is 0 Å². The molecule has 5 rings (SSSR count). The Hall–Kier alpha value is -2.52. The number of hydrogen-bond acceptors (Lipinski definition) is 4. The average Bonchev–Trinajstić information content (AvgIpc) is 3.51. The number of fused-ring (bicyclic) bond motifs is 1. The molecule has 0 bridgehead atoms. The molecule has 162 valence electrons. The lowest BCUT2D eigenvalue weighted by molar-refractivity contribution is 0.156. The minimum absolute atomic E-state index is 0.0615. The maximum Gasteiger partial charge on any atom is 0.273 e. The number of halogens is 3. The molecule has 2 aromatic carbocycles. The molecule has 0 unspecified atom stereocenters. The highest BCUT2D eigenvalue weighted by atomic mass is 35.5. The molecule has 0 fully saturated rings. The summed E-state index contributed by atoms with van der Waals surface area (Å²) in [5, 5.41) is 4.45. The smallest absolute Gasteiger partial charge is 0.232 e. The van der Waals surface area contributed by atoms with Gasteiger partial charge in [0.05, 0.1) is 25.9 Å². The largest absolute Gasteiger partial charge is 0.273 e. The molecule has 0 N–H and O–H groups in total. The summed E-state index contributed by atoms with van der Waals surface area (Å²) >= 11 is 8.28. The SMILES string of the molecule is O=S(=O)(c1ccc(Cl)cc1)n1c(-c2cccs2)c(-c2ccsc2C(F)F)c2ccccc21. The zero-order valence-electron chi connectivity index (χ0n) is 16.2. The first-order valence-corrected chi connectivity index (χ1v) is 13.0. The maximum atomic E-state index is 13.9. The van der Waals surface area contributed by atoms with Gasteiger partial charge in [0.25, 0.3) is 16.4 Å². The molecule has 3 heterocycles. The van der Waals surface area contributed by atoms with Gasteiger partial charge in [-0.2, -0.15) is 0 Å². The molecule has 9 heteroatoms. The lowest BCUT2D eigenvalue weighted by Gasteiger charge is -2.13. The van der Waals surface area contributed by atoms with Gasteiger partial charge in [0.2, 0.25) is 0 Å². The standard InChI is InChI=1S/C23H14ClF2NO2S3/c24-14-7-9-15(10-8-14)32(28,29)27-18-5-2-1-4-16(18)20(21(27)19-6-3-12-30-19)17-11-13-31-22(17)23(25)26/h1-13,23H. The van der Waals surface area contributed by atoms with Gasteiger partial charge in [-0.05, 0) is 53.2 Å². The summed E-state index contributed by atoms with van der Waals surface area (Å²) < 4.78 is 56.7. The van der Waals surface area contributed by atoms with Crippen molar-refractivity contribution in [3.8, 4) is 21.7 Å². The lowest BCUT2D eigenvalue weighted by Crippen LogP contribution is -2.14. The van der Waals surface area contributed by atoms with Crippen LogP contribution in [-0.2, 0) is 10.0 Å². The number of benzene rings is 2. The lowest BCUT2D eigenvalue weighted by atomic mass is 10.0. The summed E-state index contributed by atoms with van der Waals surface area (Å²) in [4.78, 5) is 0.640. The van der Waals surface area contributed by atoms with Gasteiger partial charge in [0.15, 0.2) is 0 Å². The molecular weight excluding hydrogens is 492 g/mol. The van der Waals surface area contributed by atoms with Gasteiger partial charge >= 0.3 is 0 Å². The predicted molar refractivity (Wildman–Crippen MR) is 128 cm³/mol. The van der Waals surface area contributed by atoms with E-state index in [1.807, 2.05) is 11.4 Å². The molecule has 0 aliphatic heterocycles. The third-order valence-corrected chi connectivity index (χ3v) is 8.88. The van der Waals surface area contributed by atoms with Crippen LogP contribution < -0.4 is 0 Å². The molecule has 0 saturated carbocycles. The Kier molecular flexibility index (Phi) is 5.41. The van der Waals surface area contributed by atoms with Crippen LogP contribution in [0, 0.1) is 0 Å². The molecule has 0 amide bonds. The topological polar surface area (TPSA) is 39.1 Å². The van der Waals surface area contributed by atoms with Gasteiger partial charge in [-0.1, -0.05) is 35.9 Å². The molecule has 0 spiro atoms. The fourth-order valence-corrected chi connectivity index (χ4v) is 7.02. The first-order valence-electron chi connectivity index (χ1n) is 9.44. The Balaban J connectivity index is 1.94. The summed E-state index contributed by atoms with van der Waals surface area (Å²) in [6, 6.07) is 18.1. The first-order chi connectivity index (χ1) is 15.4. The number of para-hydroxylation sites is 1. The van der Waals surface area contributed by atoms with Crippen LogP contribution in [0.3, 0.4) is 0 Å². The van der Waals surface area contributed by atoms with Crippen molar-refractivity contribution in [1.29, 1.82) is 0 Å². The Labute approximate surface area is 196 Å². The summed E-state index contributed by atoms with van der Waals surface area (Å²) in [6.07, 6.45) is -2.67. The van der Waals surface area contributed by atoms with Crippen LogP contribution >= 0.6 is 34.3 Å². The highest BCUT2D eigenvalue weighted by molar-refractivity contribution is 7.90. The van der Waals surface area contributed by atoms with Gasteiger partial charge in [-0.15, -0.1) is 22.7 Å². The number of nitrogens with zero attached hydrogens (tertiary/aromatic N) is 1. The Bertz CT molecular complexity index is 1520. The van der Waals surface area contributed by atoms with Crippen molar-refractivity contribution in [3.05, 3.63) is 87.4 Å². The average molecular weight is 506 g/mol. The monoisotopic (exact) mass is 505 g/mol. The van der Waals surface area contributed by atoms with Crippen LogP contribution in [0.2, 0.25) is 5.02 Å². The highest BCUT2D eigenvalue weighted by Crippen LogP contribution is 2.47. The second kappa shape index (κ2) is 8.12. The van der Waals surface area contributed by atoms with Crippen molar-refractivity contribution in [1.82, 2.24) is 3.97 Å². The molecule has 5 aromatic rings. The number of aromatic nitrogens is 1. The van der Waals surface area contributed by atoms with E-state index in [0.29, 0.717) is 37.6 Å². The van der Waals surface area contributed by atoms with E-state index in [1.165, 1.54) is 39.6 Å². The van der Waals surface area contributed by atoms with E-state index in [4.69, 9.17) is 11.6 Å². The third kappa shape index (κ3) is 3.38. The Morgan fingerprint density at radius 2 is 1.62 bits per heavy atom. The highest BCUT2D eigenvalue weighted by Gasteiger charge is 2.31. The van der Waals surface area contributed by atoms with E-state index in [0.717, 1.165) is 11.3 Å². The van der Waals surface area contributed by atoms with E-state index >= 15 is 0 Å². The van der Waals surface area contributed by atoms with Gasteiger partial charge in [0, 0.05) is 21.5 Å². The van der Waals surface area contributed by atoms with Crippen LogP contribution in [0.25, 0.3) is 32.6 Å². The van der Waals surface area contributed by atoms with Crippen molar-refractivity contribution in [2.75, 3.05) is 0 Å². The molecular formula is C23H14ClF2NO2S3. The van der Waals surface area contributed by atoms with E-state index in [9.17, 15) is 17.2 Å². The minimum atomic E-state index is -4.06. The van der Waals surface area contributed by atoms with Crippen molar-refractivity contribution < 1.29 is 17.2 Å². The number of rotatable bonds is 5. The molecule has 3 aromatic heterocycles. The maximum absolute atomic E-state index is 13.9. The number of thiophene rings is 2. The molecule has 3 nitrogen and oxygen atoms in total. The Morgan fingerprint density at radius 3 is 2.31 bits per heavy atom. The normalized spacial score (nSPS) is 12.1. The summed E-state index contributed by atoms with van der Waals surface area (Å²) in [5.41, 5.74) is 1.62. The van der Waals surface area contributed by atoms with Crippen molar-refractivity contribution in [3.63, 3.8) is 0 Å². The Morgan fingerprint density at radius 1 is 0.875 bits per heavy atom. The third-order valence-electron chi connectivity index (χ3n) is 5.10. The van der Waals surface area contributed by atoms with Gasteiger partial charge in [-0.3, -0.25) is 0 Å². The van der Waals surface area contributed by atoms with Crippen molar-refractivity contribution >= 4 is 55.2 Å². The first kappa shape index (κ1) is 21.3. The van der Waals surface area contributed by atoms with Crippen LogP contribution in [0.15, 0.2) is 82.4 Å². The van der Waals surface area contributed by atoms with Gasteiger partial charge in [0.1, 0.15) is 0 Å².